The fourth-order valence-electron chi connectivity index (χ4n) is 11.1. The van der Waals surface area contributed by atoms with Gasteiger partial charge in [0.05, 0.1) is 52.6 Å². The lowest BCUT2D eigenvalue weighted by Gasteiger charge is -2.31. The normalized spacial score (nSPS) is 16.6. The van der Waals surface area contributed by atoms with Gasteiger partial charge in [0.15, 0.2) is 0 Å². The second kappa shape index (κ2) is 28.4. The molecule has 3 N–H and O–H groups in total. The lowest BCUT2D eigenvalue weighted by Crippen LogP contribution is -2.39. The number of nitrogens with one attached hydrogen (secondary N) is 3. The summed E-state index contributed by atoms with van der Waals surface area (Å²) >= 11 is 0. The Morgan fingerprint density at radius 3 is 1.32 bits per heavy atom. The number of carbonyl (C=O) groups is 3. The molecule has 0 unspecified atom stereocenters. The number of hydrogen-bond donors (Lipinski definition) is 3. The molecule has 9 aromatic heterocycles. The molecular formula is C71H78N12O5. The van der Waals surface area contributed by atoms with Gasteiger partial charge < -0.3 is 38.6 Å². The van der Waals surface area contributed by atoms with E-state index in [0.717, 1.165) is 134 Å². The Kier molecular flexibility index (Phi) is 19.9. The number of unbranched alkanes of at least 4 members (excludes halogenated alkanes) is 1. The minimum Gasteiger partial charge on any atom is -0.378 e. The van der Waals surface area contributed by atoms with Crippen LogP contribution in [0.5, 0.6) is 0 Å². The highest BCUT2D eigenvalue weighted by atomic mass is 16.5. The van der Waals surface area contributed by atoms with Crippen LogP contribution in [0.2, 0.25) is 0 Å². The summed E-state index contributed by atoms with van der Waals surface area (Å²) in [6.45, 7) is 16.4. The average molecular weight is 1180 g/mol. The first-order valence-corrected chi connectivity index (χ1v) is 30.5. The molecule has 0 bridgehead atoms. The van der Waals surface area contributed by atoms with E-state index in [2.05, 4.69) is 64.5 Å². The van der Waals surface area contributed by atoms with Crippen LogP contribution >= 0.6 is 0 Å². The van der Waals surface area contributed by atoms with Crippen LogP contribution in [0.15, 0.2) is 153 Å². The van der Waals surface area contributed by atoms with Gasteiger partial charge in [-0.25, -0.2) is 15.0 Å². The zero-order valence-corrected chi connectivity index (χ0v) is 51.4. The molecule has 17 nitrogen and oxygen atoms in total. The Bertz CT molecular complexity index is 4040. The largest absolute Gasteiger partial charge is 0.378 e. The van der Waals surface area contributed by atoms with Crippen molar-refractivity contribution in [3.63, 3.8) is 0 Å². The highest BCUT2D eigenvalue weighted by Gasteiger charge is 2.28. The van der Waals surface area contributed by atoms with Gasteiger partial charge in [0.2, 0.25) is 0 Å². The number of fused-ring (bicyclic) bond motifs is 3. The van der Waals surface area contributed by atoms with Crippen LogP contribution in [-0.2, 0) is 9.47 Å². The first-order chi connectivity index (χ1) is 42.6. The molecule has 3 amide bonds. The molecule has 88 heavy (non-hydrogen) atoms. The van der Waals surface area contributed by atoms with Crippen LogP contribution in [0.1, 0.15) is 146 Å². The Morgan fingerprint density at radius 2 is 0.955 bits per heavy atom. The zero-order valence-electron chi connectivity index (χ0n) is 51.4. The molecule has 2 saturated carbocycles. The Labute approximate surface area is 514 Å². The summed E-state index contributed by atoms with van der Waals surface area (Å²) in [5.41, 5.74) is 13.6. The van der Waals surface area contributed by atoms with E-state index in [1.807, 2.05) is 119 Å². The van der Waals surface area contributed by atoms with E-state index in [1.54, 1.807) is 67.5 Å². The third-order valence-corrected chi connectivity index (χ3v) is 16.0. The second-order valence-corrected chi connectivity index (χ2v) is 24.0. The number of amides is 3. The molecule has 9 heterocycles. The number of aromatic nitrogens is 9. The van der Waals surface area contributed by atoms with Crippen molar-refractivity contribution in [2.24, 2.45) is 5.41 Å². The molecule has 452 valence electrons. The fraction of sp³-hybridized carbons (Fsp3) is 0.338. The van der Waals surface area contributed by atoms with Gasteiger partial charge in [-0.2, -0.15) is 0 Å². The van der Waals surface area contributed by atoms with Crippen LogP contribution in [0.4, 0.5) is 5.69 Å². The number of benzene rings is 1. The van der Waals surface area contributed by atoms with E-state index >= 15 is 0 Å². The van der Waals surface area contributed by atoms with Gasteiger partial charge in [-0.1, -0.05) is 40.0 Å². The predicted octanol–water partition coefficient (Wildman–Crippen LogP) is 13.3. The molecule has 0 atom stereocenters. The number of pyridine rings is 3. The number of ether oxygens (including phenoxy) is 2. The molecule has 17 heteroatoms. The maximum atomic E-state index is 13.1. The molecule has 1 aromatic carbocycles. The van der Waals surface area contributed by atoms with E-state index in [9.17, 15) is 14.4 Å². The lowest BCUT2D eigenvalue weighted by atomic mass is 9.92. The smallest absolute Gasteiger partial charge is 0.259 e. The Balaban J connectivity index is 0.000000146. The van der Waals surface area contributed by atoms with Gasteiger partial charge in [-0.05, 0) is 181 Å². The van der Waals surface area contributed by atoms with Crippen molar-refractivity contribution < 1.29 is 23.9 Å². The number of rotatable bonds is 15. The lowest BCUT2D eigenvalue weighted by molar-refractivity contribution is -0.0134. The van der Waals surface area contributed by atoms with E-state index in [4.69, 9.17) is 30.8 Å². The minimum absolute atomic E-state index is 0.0527. The van der Waals surface area contributed by atoms with E-state index < -0.39 is 0 Å². The monoisotopic (exact) mass is 1180 g/mol. The Morgan fingerprint density at radius 1 is 0.557 bits per heavy atom. The quantitative estimate of drug-likeness (QED) is 0.0652. The average Bonchev–Trinajstić information content (AvgIpc) is 1.90. The van der Waals surface area contributed by atoms with Crippen molar-refractivity contribution in [3.05, 3.63) is 192 Å². The third kappa shape index (κ3) is 15.4. The predicted molar refractivity (Wildman–Crippen MR) is 345 cm³/mol. The summed E-state index contributed by atoms with van der Waals surface area (Å²) < 4.78 is 17.8. The molecule has 10 aromatic rings. The van der Waals surface area contributed by atoms with Gasteiger partial charge in [0, 0.05) is 119 Å². The molecule has 2 fully saturated rings. The molecule has 0 spiro atoms. The molecule has 0 aliphatic heterocycles. The second-order valence-electron chi connectivity index (χ2n) is 24.0. The van der Waals surface area contributed by atoms with Gasteiger partial charge in [-0.3, -0.25) is 29.3 Å². The maximum Gasteiger partial charge on any atom is 0.259 e. The first-order valence-electron chi connectivity index (χ1n) is 30.5. The van der Waals surface area contributed by atoms with Crippen LogP contribution in [0, 0.1) is 38.5 Å². The Hall–Kier alpha value is -9.37. The van der Waals surface area contributed by atoms with Gasteiger partial charge in [-0.15, -0.1) is 6.42 Å². The van der Waals surface area contributed by atoms with Crippen molar-refractivity contribution >= 4 is 40.4 Å². The van der Waals surface area contributed by atoms with Crippen LogP contribution < -0.4 is 16.0 Å². The number of nitrogens with zero attached hydrogens (tertiary/aromatic N) is 9. The van der Waals surface area contributed by atoms with E-state index in [-0.39, 0.29) is 35.2 Å². The highest BCUT2D eigenvalue weighted by Crippen LogP contribution is 2.29. The van der Waals surface area contributed by atoms with Crippen molar-refractivity contribution in [1.82, 2.24) is 53.7 Å². The molecular weight excluding hydrogens is 1100 g/mol. The number of terminal acetylenes is 1. The molecule has 2 aliphatic rings. The van der Waals surface area contributed by atoms with Crippen LogP contribution in [0.25, 0.3) is 50.7 Å². The highest BCUT2D eigenvalue weighted by molar-refractivity contribution is 6.08. The number of aryl methyl sites for hydroxylation is 3. The van der Waals surface area contributed by atoms with E-state index in [1.165, 1.54) is 0 Å². The van der Waals surface area contributed by atoms with Gasteiger partial charge in [0.1, 0.15) is 16.9 Å². The molecule has 12 rings (SSSR count). The number of anilines is 1. The SMILES string of the molecule is C#Cc1ccc(NC(=O)c2ccn3c(C)cc(-c4cccnc4)nc23)cc1.CCCCOC1CCC(NC(=O)c2ccn3c(C)cc(-c4cccnc4)nc23)CC1.Cc1cc(-c2cccnc2)nc2c(C(=O)NC3CCC(OCC(C)(C)C)CC3)ccn12. The van der Waals surface area contributed by atoms with Crippen molar-refractivity contribution in [3.8, 4) is 46.1 Å². The summed E-state index contributed by atoms with van der Waals surface area (Å²) in [6.07, 6.45) is 32.3. The summed E-state index contributed by atoms with van der Waals surface area (Å²) in [5, 5.41) is 9.34. The van der Waals surface area contributed by atoms with Crippen molar-refractivity contribution in [2.75, 3.05) is 18.5 Å². The summed E-state index contributed by atoms with van der Waals surface area (Å²) in [7, 11) is 0. The first kappa shape index (κ1) is 61.7. The topological polar surface area (TPSA) is 196 Å². The van der Waals surface area contributed by atoms with Crippen LogP contribution in [-0.4, -0.2) is 98.3 Å². The summed E-state index contributed by atoms with van der Waals surface area (Å²) in [6, 6.07) is 30.6. The standard InChI is InChI=1S/C25H32N4O2.C24H30N4O2.C22H16N4O/c1-17-14-22(18-6-5-12-26-15-18)28-23-21(11-13-29(17)23)24(30)27-19-7-9-20(10-8-19)31-16-25(2,3)4;1-3-4-14-30-20-9-7-19(8-10-20)26-24(29)21-11-13-28-17(2)15-22(27-23(21)28)18-6-5-12-25-16-18;1-3-16-6-8-18(9-7-16)24-22(27)19-10-12-26-15(2)13-20(25-21(19)26)17-5-4-11-23-14-17/h5-6,11-15,19-20H,7-10,16H2,1-4H3,(H,27,30);5-6,11-13,15-16,19-20H,3-4,7-10,14H2,1-2H3,(H,26,29);1,4-14H,2H3,(H,24,27). The van der Waals surface area contributed by atoms with Crippen LogP contribution in [0.3, 0.4) is 0 Å². The van der Waals surface area contributed by atoms with E-state index in [0.29, 0.717) is 51.5 Å². The summed E-state index contributed by atoms with van der Waals surface area (Å²) in [5.74, 6) is 2.22. The van der Waals surface area contributed by atoms with Gasteiger partial charge >= 0.3 is 0 Å². The number of hydrogen-bond acceptors (Lipinski definition) is 11. The minimum atomic E-state index is -0.221. The maximum absolute atomic E-state index is 13.1. The van der Waals surface area contributed by atoms with Crippen molar-refractivity contribution in [1.29, 1.82) is 0 Å². The molecule has 2 aliphatic carbocycles. The zero-order chi connectivity index (χ0) is 61.7. The molecule has 0 radical (unpaired) electrons. The van der Waals surface area contributed by atoms with Crippen molar-refractivity contribution in [2.45, 2.75) is 137 Å². The molecule has 0 saturated heterocycles. The fourth-order valence-corrected chi connectivity index (χ4v) is 11.1. The number of carbonyl (C=O) groups excluding carboxylic acids is 3. The third-order valence-electron chi connectivity index (χ3n) is 16.0. The summed E-state index contributed by atoms with van der Waals surface area (Å²) in [4.78, 5) is 65.7. The van der Waals surface area contributed by atoms with Gasteiger partial charge in [0.25, 0.3) is 17.7 Å².